The monoisotopic (exact) mass is 263 g/mol. The molecule has 4 heteroatoms. The Morgan fingerprint density at radius 3 is 2.16 bits per heavy atom. The summed E-state index contributed by atoms with van der Waals surface area (Å²) in [6.07, 6.45) is 0. The van der Waals surface area contributed by atoms with Gasteiger partial charge < -0.3 is 9.64 Å². The number of nitrogens with zero attached hydrogens (tertiary/aromatic N) is 1. The lowest BCUT2D eigenvalue weighted by Crippen LogP contribution is -2.36. The smallest absolute Gasteiger partial charge is 0.294 e. The van der Waals surface area contributed by atoms with Crippen molar-refractivity contribution in [2.45, 2.75) is 27.7 Å². The maximum atomic E-state index is 12.2. The van der Waals surface area contributed by atoms with E-state index in [1.807, 2.05) is 27.7 Å². The van der Waals surface area contributed by atoms with E-state index in [1.165, 1.54) is 4.90 Å². The molecule has 0 radical (unpaired) electrons. The average molecular weight is 263 g/mol. The first-order chi connectivity index (χ1) is 8.96. The van der Waals surface area contributed by atoms with Crippen molar-refractivity contribution in [2.24, 2.45) is 0 Å². The molecule has 1 aromatic carbocycles. The maximum absolute atomic E-state index is 12.2. The number of ketones is 1. The van der Waals surface area contributed by atoms with Gasteiger partial charge in [0.15, 0.2) is 0 Å². The number of ether oxygens (including phenoxy) is 1. The molecule has 1 amide bonds. The van der Waals surface area contributed by atoms with Gasteiger partial charge in [0, 0.05) is 18.7 Å². The molecule has 0 atom stereocenters. The van der Waals surface area contributed by atoms with E-state index >= 15 is 0 Å². The maximum Gasteiger partial charge on any atom is 0.294 e. The summed E-state index contributed by atoms with van der Waals surface area (Å²) >= 11 is 0. The van der Waals surface area contributed by atoms with Crippen LogP contribution in [-0.4, -0.2) is 36.8 Å². The summed E-state index contributed by atoms with van der Waals surface area (Å²) in [6.45, 7) is 8.47. The van der Waals surface area contributed by atoms with Gasteiger partial charge in [0.05, 0.1) is 7.11 Å². The van der Waals surface area contributed by atoms with Crippen LogP contribution in [0, 0.1) is 13.8 Å². The summed E-state index contributed by atoms with van der Waals surface area (Å²) in [5.74, 6) is -0.172. The first-order valence-corrected chi connectivity index (χ1v) is 6.45. The van der Waals surface area contributed by atoms with Gasteiger partial charge in [-0.05, 0) is 51.0 Å². The Kier molecular flexibility index (Phi) is 5.10. The molecule has 0 spiro atoms. The third-order valence-corrected chi connectivity index (χ3v) is 3.23. The van der Waals surface area contributed by atoms with Gasteiger partial charge in [-0.1, -0.05) is 0 Å². The minimum Gasteiger partial charge on any atom is -0.496 e. The van der Waals surface area contributed by atoms with Crippen molar-refractivity contribution in [1.29, 1.82) is 0 Å². The minimum atomic E-state index is -0.452. The van der Waals surface area contributed by atoms with E-state index in [2.05, 4.69) is 0 Å². The molecule has 0 aliphatic rings. The van der Waals surface area contributed by atoms with Gasteiger partial charge in [-0.3, -0.25) is 9.59 Å². The number of Topliss-reactive ketones (excluding diaryl/α,β-unsaturated/α-hetero) is 1. The third-order valence-electron chi connectivity index (χ3n) is 3.23. The molecule has 0 aromatic heterocycles. The molecule has 0 heterocycles. The summed E-state index contributed by atoms with van der Waals surface area (Å²) in [5.41, 5.74) is 2.06. The standard InChI is InChI=1S/C15H21NO3/c1-6-16(7-2)15(18)14(17)12-8-11(4)13(19-5)9-10(12)3/h8-9H,6-7H2,1-5H3. The minimum absolute atomic E-state index is 0.447. The molecule has 104 valence electrons. The van der Waals surface area contributed by atoms with Gasteiger partial charge >= 0.3 is 0 Å². The second-order valence-corrected chi connectivity index (χ2v) is 4.44. The van der Waals surface area contributed by atoms with Crippen molar-refractivity contribution in [3.63, 3.8) is 0 Å². The SMILES string of the molecule is CCN(CC)C(=O)C(=O)c1cc(C)c(OC)cc1C. The molecule has 0 N–H and O–H groups in total. The van der Waals surface area contributed by atoms with Gasteiger partial charge in [-0.2, -0.15) is 0 Å². The molecule has 0 fully saturated rings. The Morgan fingerprint density at radius 1 is 1.11 bits per heavy atom. The van der Waals surface area contributed by atoms with E-state index in [0.29, 0.717) is 18.7 Å². The van der Waals surface area contributed by atoms with Crippen LogP contribution in [-0.2, 0) is 4.79 Å². The highest BCUT2D eigenvalue weighted by Crippen LogP contribution is 2.23. The number of aryl methyl sites for hydroxylation is 2. The molecule has 0 bridgehead atoms. The largest absolute Gasteiger partial charge is 0.496 e. The van der Waals surface area contributed by atoms with Crippen molar-refractivity contribution < 1.29 is 14.3 Å². The summed E-state index contributed by atoms with van der Waals surface area (Å²) in [6, 6.07) is 3.51. The third kappa shape index (κ3) is 3.13. The summed E-state index contributed by atoms with van der Waals surface area (Å²) in [7, 11) is 1.59. The zero-order valence-electron chi connectivity index (χ0n) is 12.2. The second-order valence-electron chi connectivity index (χ2n) is 4.44. The predicted molar refractivity (Wildman–Crippen MR) is 74.7 cm³/mol. The van der Waals surface area contributed by atoms with E-state index in [-0.39, 0.29) is 0 Å². The van der Waals surface area contributed by atoms with Crippen molar-refractivity contribution in [3.05, 3.63) is 28.8 Å². The zero-order valence-corrected chi connectivity index (χ0v) is 12.2. The van der Waals surface area contributed by atoms with Crippen molar-refractivity contribution >= 4 is 11.7 Å². The first kappa shape index (κ1) is 15.2. The fourth-order valence-corrected chi connectivity index (χ4v) is 2.02. The molecule has 19 heavy (non-hydrogen) atoms. The van der Waals surface area contributed by atoms with Gasteiger partial charge in [0.1, 0.15) is 5.75 Å². The van der Waals surface area contributed by atoms with Gasteiger partial charge in [-0.25, -0.2) is 0 Å². The topological polar surface area (TPSA) is 46.6 Å². The van der Waals surface area contributed by atoms with Crippen LogP contribution in [0.1, 0.15) is 35.3 Å². The number of carbonyl (C=O) groups excluding carboxylic acids is 2. The molecule has 0 aliphatic heterocycles. The molecule has 0 unspecified atom stereocenters. The highest BCUT2D eigenvalue weighted by molar-refractivity contribution is 6.43. The van der Waals surface area contributed by atoms with Crippen LogP contribution < -0.4 is 4.74 Å². The summed E-state index contributed by atoms with van der Waals surface area (Å²) in [4.78, 5) is 25.8. The number of rotatable bonds is 5. The summed E-state index contributed by atoms with van der Waals surface area (Å²) in [5, 5.41) is 0. The average Bonchev–Trinajstić information content (AvgIpc) is 2.41. The van der Waals surface area contributed by atoms with Crippen LogP contribution in [0.3, 0.4) is 0 Å². The Labute approximate surface area is 114 Å². The lowest BCUT2D eigenvalue weighted by atomic mass is 10.0. The van der Waals surface area contributed by atoms with Crippen LogP contribution in [0.15, 0.2) is 12.1 Å². The summed E-state index contributed by atoms with van der Waals surface area (Å²) < 4.78 is 5.20. The lowest BCUT2D eigenvalue weighted by molar-refractivity contribution is -0.126. The van der Waals surface area contributed by atoms with Crippen LogP contribution >= 0.6 is 0 Å². The quantitative estimate of drug-likeness (QED) is 0.605. The number of likely N-dealkylation sites (N-methyl/N-ethyl adjacent to an activating group) is 1. The molecule has 1 aromatic rings. The van der Waals surface area contributed by atoms with Gasteiger partial charge in [0.25, 0.3) is 11.7 Å². The first-order valence-electron chi connectivity index (χ1n) is 6.45. The van der Waals surface area contributed by atoms with Crippen LogP contribution in [0.4, 0.5) is 0 Å². The van der Waals surface area contributed by atoms with Gasteiger partial charge in [-0.15, -0.1) is 0 Å². The van der Waals surface area contributed by atoms with E-state index in [4.69, 9.17) is 4.74 Å². The highest BCUT2D eigenvalue weighted by Gasteiger charge is 2.23. The molecule has 1 rings (SSSR count). The Hall–Kier alpha value is -1.84. The van der Waals surface area contributed by atoms with Gasteiger partial charge in [0.2, 0.25) is 0 Å². The molecule has 0 saturated carbocycles. The zero-order chi connectivity index (χ0) is 14.6. The number of amides is 1. The number of hydrogen-bond donors (Lipinski definition) is 0. The normalized spacial score (nSPS) is 10.2. The second kappa shape index (κ2) is 6.36. The predicted octanol–water partition coefficient (Wildman–Crippen LogP) is 2.36. The molecular weight excluding hydrogens is 242 g/mol. The van der Waals surface area contributed by atoms with Crippen LogP contribution in [0.5, 0.6) is 5.75 Å². The Balaban J connectivity index is 3.13. The van der Waals surface area contributed by atoms with Crippen molar-refractivity contribution in [3.8, 4) is 5.75 Å². The molecule has 0 aliphatic carbocycles. The van der Waals surface area contributed by atoms with Crippen LogP contribution in [0.25, 0.3) is 0 Å². The fraction of sp³-hybridized carbons (Fsp3) is 0.467. The molecule has 4 nitrogen and oxygen atoms in total. The van der Waals surface area contributed by atoms with E-state index < -0.39 is 11.7 Å². The van der Waals surface area contributed by atoms with E-state index in [0.717, 1.165) is 16.9 Å². The number of hydrogen-bond acceptors (Lipinski definition) is 3. The van der Waals surface area contributed by atoms with Crippen molar-refractivity contribution in [2.75, 3.05) is 20.2 Å². The lowest BCUT2D eigenvalue weighted by Gasteiger charge is -2.18. The number of benzene rings is 1. The Morgan fingerprint density at radius 2 is 1.68 bits per heavy atom. The number of carbonyl (C=O) groups is 2. The van der Waals surface area contributed by atoms with E-state index in [1.54, 1.807) is 19.2 Å². The van der Waals surface area contributed by atoms with Crippen LogP contribution in [0.2, 0.25) is 0 Å². The Bertz CT molecular complexity index is 490. The molecular formula is C15H21NO3. The van der Waals surface area contributed by atoms with Crippen molar-refractivity contribution in [1.82, 2.24) is 4.90 Å². The van der Waals surface area contributed by atoms with E-state index in [9.17, 15) is 9.59 Å². The fourth-order valence-electron chi connectivity index (χ4n) is 2.02. The molecule has 0 saturated heterocycles. The number of methoxy groups -OCH3 is 1. The highest BCUT2D eigenvalue weighted by atomic mass is 16.5.